The van der Waals surface area contributed by atoms with E-state index in [9.17, 15) is 0 Å². The highest BCUT2D eigenvalue weighted by molar-refractivity contribution is 6.19. The first-order valence-corrected chi connectivity index (χ1v) is 3.30. The number of hydrogen-bond acceptors (Lipinski definition) is 2. The van der Waals surface area contributed by atoms with E-state index in [2.05, 4.69) is 0 Å². The van der Waals surface area contributed by atoms with E-state index in [0.717, 1.165) is 13.1 Å². The summed E-state index contributed by atoms with van der Waals surface area (Å²) < 4.78 is 0. The quantitative estimate of drug-likeness (QED) is 0.421. The fraction of sp³-hybridized carbons (Fsp3) is 1.00. The van der Waals surface area contributed by atoms with Gasteiger partial charge in [0.25, 0.3) is 0 Å². The monoisotopic (exact) mass is 135 g/mol. The highest BCUT2D eigenvalue weighted by atomic mass is 35.5. The molecule has 1 N–H and O–H groups in total. The number of rotatable bonds is 1. The van der Waals surface area contributed by atoms with Crippen molar-refractivity contribution in [2.45, 2.75) is 18.5 Å². The maximum atomic E-state index is 8.74. The van der Waals surface area contributed by atoms with Crippen LogP contribution >= 0.6 is 11.6 Å². The number of aliphatic hydroxyl groups is 1. The van der Waals surface area contributed by atoms with Gasteiger partial charge in [0.1, 0.15) is 0 Å². The maximum absolute atomic E-state index is 8.74. The second-order valence-electron chi connectivity index (χ2n) is 2.05. The largest absolute Gasteiger partial charge is 0.365 e. The summed E-state index contributed by atoms with van der Waals surface area (Å²) in [4.78, 5) is 1.85. The smallest absolute Gasteiger partial charge is 0.185 e. The molecule has 1 aliphatic rings. The van der Waals surface area contributed by atoms with Crippen LogP contribution in [0.5, 0.6) is 0 Å². The fourth-order valence-corrected chi connectivity index (χ4v) is 1.15. The molecule has 0 aromatic carbocycles. The number of likely N-dealkylation sites (tertiary alicyclic amines) is 1. The maximum Gasteiger partial charge on any atom is 0.185 e. The molecule has 0 spiro atoms. The van der Waals surface area contributed by atoms with Gasteiger partial charge in [-0.25, -0.2) is 0 Å². The zero-order valence-electron chi connectivity index (χ0n) is 4.68. The van der Waals surface area contributed by atoms with Crippen LogP contribution in [0.15, 0.2) is 0 Å². The number of halogens is 1. The van der Waals surface area contributed by atoms with E-state index in [4.69, 9.17) is 16.7 Å². The van der Waals surface area contributed by atoms with Crippen LogP contribution in [0.2, 0.25) is 0 Å². The van der Waals surface area contributed by atoms with Gasteiger partial charge in [-0.15, -0.1) is 0 Å². The summed E-state index contributed by atoms with van der Waals surface area (Å²) in [6.45, 7) is 1.90. The van der Waals surface area contributed by atoms with Crippen molar-refractivity contribution in [1.82, 2.24) is 4.90 Å². The lowest BCUT2D eigenvalue weighted by Gasteiger charge is -2.14. The van der Waals surface area contributed by atoms with Crippen molar-refractivity contribution in [3.8, 4) is 0 Å². The van der Waals surface area contributed by atoms with E-state index in [-0.39, 0.29) is 0 Å². The fourth-order valence-electron chi connectivity index (χ4n) is 0.955. The van der Waals surface area contributed by atoms with Crippen LogP contribution in [0.1, 0.15) is 12.8 Å². The molecular weight excluding hydrogens is 126 g/mol. The Bertz CT molecular complexity index is 70.8. The van der Waals surface area contributed by atoms with Crippen LogP contribution in [-0.2, 0) is 0 Å². The summed E-state index contributed by atoms with van der Waals surface area (Å²) >= 11 is 5.37. The third-order valence-corrected chi connectivity index (χ3v) is 1.72. The zero-order chi connectivity index (χ0) is 5.98. The first kappa shape index (κ1) is 6.33. The lowest BCUT2D eigenvalue weighted by atomic mass is 10.4. The van der Waals surface area contributed by atoms with E-state index < -0.39 is 5.69 Å². The molecule has 3 heteroatoms. The van der Waals surface area contributed by atoms with Crippen molar-refractivity contribution < 1.29 is 5.11 Å². The van der Waals surface area contributed by atoms with E-state index >= 15 is 0 Å². The molecule has 1 aliphatic heterocycles. The Morgan fingerprint density at radius 3 is 2.12 bits per heavy atom. The molecule has 1 saturated heterocycles. The lowest BCUT2D eigenvalue weighted by Crippen LogP contribution is -2.27. The highest BCUT2D eigenvalue weighted by Gasteiger charge is 2.16. The normalized spacial score (nSPS) is 26.2. The van der Waals surface area contributed by atoms with Gasteiger partial charge in [-0.2, -0.15) is 0 Å². The predicted octanol–water partition coefficient (Wildman–Crippen LogP) is 0.597. The van der Waals surface area contributed by atoms with Gasteiger partial charge in [0.15, 0.2) is 5.69 Å². The molecule has 0 saturated carbocycles. The second-order valence-corrected chi connectivity index (χ2v) is 2.44. The molecule has 0 bridgehead atoms. The average Bonchev–Trinajstić information content (AvgIpc) is 2.12. The Balaban J connectivity index is 2.24. The molecule has 2 nitrogen and oxygen atoms in total. The average molecular weight is 136 g/mol. The summed E-state index contributed by atoms with van der Waals surface area (Å²) in [5.74, 6) is 0. The third kappa shape index (κ3) is 1.34. The Hall–Kier alpha value is 0.210. The number of alkyl halides is 1. The predicted molar refractivity (Wildman–Crippen MR) is 32.7 cm³/mol. The van der Waals surface area contributed by atoms with Crippen molar-refractivity contribution in [2.24, 2.45) is 0 Å². The first-order chi connectivity index (χ1) is 3.80. The molecular formula is C5H10ClNO. The minimum atomic E-state index is -0.752. The van der Waals surface area contributed by atoms with Gasteiger partial charge < -0.3 is 5.11 Å². The van der Waals surface area contributed by atoms with Crippen LogP contribution in [0.25, 0.3) is 0 Å². The zero-order valence-corrected chi connectivity index (χ0v) is 5.43. The molecule has 8 heavy (non-hydrogen) atoms. The summed E-state index contributed by atoms with van der Waals surface area (Å²) in [5.41, 5.74) is -0.752. The summed E-state index contributed by atoms with van der Waals surface area (Å²) in [7, 11) is 0. The number of nitrogens with zero attached hydrogens (tertiary/aromatic N) is 1. The Kier molecular flexibility index (Phi) is 2.11. The molecule has 0 radical (unpaired) electrons. The van der Waals surface area contributed by atoms with Gasteiger partial charge in [0.05, 0.1) is 0 Å². The lowest BCUT2D eigenvalue weighted by molar-refractivity contribution is 0.0908. The molecule has 48 valence electrons. The Morgan fingerprint density at radius 2 is 1.88 bits per heavy atom. The molecule has 0 amide bonds. The topological polar surface area (TPSA) is 23.5 Å². The van der Waals surface area contributed by atoms with Crippen LogP contribution in [0.4, 0.5) is 0 Å². The second kappa shape index (κ2) is 2.67. The van der Waals surface area contributed by atoms with Crippen LogP contribution in [-0.4, -0.2) is 28.8 Å². The van der Waals surface area contributed by atoms with E-state index in [1.54, 1.807) is 0 Å². The minimum Gasteiger partial charge on any atom is -0.365 e. The van der Waals surface area contributed by atoms with Crippen LogP contribution in [0, 0.1) is 0 Å². The highest BCUT2D eigenvalue weighted by Crippen LogP contribution is 2.11. The molecule has 1 fully saturated rings. The van der Waals surface area contributed by atoms with Gasteiger partial charge in [-0.3, -0.25) is 4.90 Å². The van der Waals surface area contributed by atoms with Gasteiger partial charge in [0, 0.05) is 13.1 Å². The summed E-state index contributed by atoms with van der Waals surface area (Å²) in [5, 5.41) is 8.74. The van der Waals surface area contributed by atoms with Crippen molar-refractivity contribution in [1.29, 1.82) is 0 Å². The van der Waals surface area contributed by atoms with Crippen LogP contribution in [0.3, 0.4) is 0 Å². The van der Waals surface area contributed by atoms with Gasteiger partial charge in [0.2, 0.25) is 0 Å². The first-order valence-electron chi connectivity index (χ1n) is 2.87. The van der Waals surface area contributed by atoms with E-state index in [1.807, 2.05) is 4.90 Å². The van der Waals surface area contributed by atoms with Gasteiger partial charge in [-0.1, -0.05) is 11.6 Å². The third-order valence-electron chi connectivity index (χ3n) is 1.44. The molecule has 1 atom stereocenters. The summed E-state index contributed by atoms with van der Waals surface area (Å²) in [6.07, 6.45) is 2.34. The Morgan fingerprint density at radius 1 is 1.38 bits per heavy atom. The molecule has 1 rings (SSSR count). The van der Waals surface area contributed by atoms with Crippen molar-refractivity contribution in [3.05, 3.63) is 0 Å². The minimum absolute atomic E-state index is 0.752. The van der Waals surface area contributed by atoms with Crippen LogP contribution < -0.4 is 0 Å². The molecule has 0 aromatic heterocycles. The van der Waals surface area contributed by atoms with Crippen molar-refractivity contribution in [2.75, 3.05) is 13.1 Å². The molecule has 1 heterocycles. The van der Waals surface area contributed by atoms with Crippen molar-refractivity contribution >= 4 is 11.6 Å². The molecule has 0 aliphatic carbocycles. The summed E-state index contributed by atoms with van der Waals surface area (Å²) in [6, 6.07) is 0. The SMILES string of the molecule is OC(Cl)N1CCCC1. The van der Waals surface area contributed by atoms with Gasteiger partial charge >= 0.3 is 0 Å². The standard InChI is InChI=1S/C5H10ClNO/c6-5(8)7-3-1-2-4-7/h5,8H,1-4H2. The molecule has 0 aromatic rings. The molecule has 1 unspecified atom stereocenters. The number of aliphatic hydroxyl groups excluding tert-OH is 1. The van der Waals surface area contributed by atoms with E-state index in [1.165, 1.54) is 12.8 Å². The van der Waals surface area contributed by atoms with E-state index in [0.29, 0.717) is 0 Å². The van der Waals surface area contributed by atoms with Crippen molar-refractivity contribution in [3.63, 3.8) is 0 Å². The number of hydrogen-bond donors (Lipinski definition) is 1. The van der Waals surface area contributed by atoms with Gasteiger partial charge in [-0.05, 0) is 12.8 Å². The Labute approximate surface area is 54.1 Å².